The van der Waals surface area contributed by atoms with Crippen molar-refractivity contribution in [2.45, 2.75) is 53.2 Å². The van der Waals surface area contributed by atoms with E-state index in [1.807, 2.05) is 26.0 Å². The van der Waals surface area contributed by atoms with E-state index in [2.05, 4.69) is 38.2 Å². The van der Waals surface area contributed by atoms with Crippen LogP contribution < -0.4 is 10.1 Å². The molecule has 1 aromatic rings. The zero-order chi connectivity index (χ0) is 15.9. The Balaban J connectivity index is 2.49. The molecule has 0 aliphatic carbocycles. The van der Waals surface area contributed by atoms with Crippen molar-refractivity contribution in [3.05, 3.63) is 29.8 Å². The van der Waals surface area contributed by atoms with Crippen LogP contribution in [0.25, 0.3) is 0 Å². The van der Waals surface area contributed by atoms with Crippen LogP contribution in [0.5, 0.6) is 5.75 Å². The Morgan fingerprint density at radius 1 is 1.10 bits per heavy atom. The molecule has 0 amide bonds. The highest BCUT2D eigenvalue weighted by Gasteiger charge is 2.18. The lowest BCUT2D eigenvalue weighted by molar-refractivity contribution is 0.149. The number of methoxy groups -OCH3 is 1. The molecule has 3 heteroatoms. The molecular formula is C18H31NO2. The van der Waals surface area contributed by atoms with Crippen LogP contribution in [0, 0.1) is 5.41 Å². The van der Waals surface area contributed by atoms with Crippen LogP contribution in [0.15, 0.2) is 24.3 Å². The zero-order valence-electron chi connectivity index (χ0n) is 14.4. The predicted octanol–water partition coefficient (Wildman–Crippen LogP) is 4.19. The van der Waals surface area contributed by atoms with Crippen molar-refractivity contribution < 1.29 is 9.47 Å². The lowest BCUT2D eigenvalue weighted by Gasteiger charge is -2.27. The third-order valence-corrected chi connectivity index (χ3v) is 3.62. The second-order valence-electron chi connectivity index (χ2n) is 6.75. The molecule has 0 aromatic heterocycles. The van der Waals surface area contributed by atoms with Gasteiger partial charge in [-0.05, 0) is 50.3 Å². The van der Waals surface area contributed by atoms with Gasteiger partial charge in [-0.2, -0.15) is 0 Å². The lowest BCUT2D eigenvalue weighted by atomic mass is 9.89. The summed E-state index contributed by atoms with van der Waals surface area (Å²) in [4.78, 5) is 0. The molecule has 1 atom stereocenters. The van der Waals surface area contributed by atoms with Crippen molar-refractivity contribution in [3.63, 3.8) is 0 Å². The number of hydrogen-bond acceptors (Lipinski definition) is 3. The predicted molar refractivity (Wildman–Crippen MR) is 88.9 cm³/mol. The Hall–Kier alpha value is -1.06. The van der Waals surface area contributed by atoms with E-state index in [0.717, 1.165) is 25.3 Å². The minimum atomic E-state index is 0.216. The summed E-state index contributed by atoms with van der Waals surface area (Å²) < 4.78 is 10.8. The molecule has 1 rings (SSSR count). The van der Waals surface area contributed by atoms with Crippen LogP contribution in [-0.2, 0) is 4.74 Å². The van der Waals surface area contributed by atoms with Crippen LogP contribution in [0.4, 0.5) is 0 Å². The summed E-state index contributed by atoms with van der Waals surface area (Å²) in [5.41, 5.74) is 1.53. The van der Waals surface area contributed by atoms with Crippen molar-refractivity contribution in [1.29, 1.82) is 0 Å². The zero-order valence-corrected chi connectivity index (χ0v) is 14.4. The molecule has 0 heterocycles. The van der Waals surface area contributed by atoms with Gasteiger partial charge in [-0.15, -0.1) is 0 Å². The summed E-state index contributed by atoms with van der Waals surface area (Å²) in [5, 5.41) is 3.61. The minimum absolute atomic E-state index is 0.216. The Bertz CT molecular complexity index is 398. The largest absolute Gasteiger partial charge is 0.491 e. The number of nitrogens with one attached hydrogen (secondary N) is 1. The molecule has 0 radical (unpaired) electrons. The molecule has 0 saturated heterocycles. The molecule has 120 valence electrons. The second-order valence-corrected chi connectivity index (χ2v) is 6.75. The van der Waals surface area contributed by atoms with Crippen LogP contribution >= 0.6 is 0 Å². The highest BCUT2D eigenvalue weighted by molar-refractivity contribution is 5.29. The van der Waals surface area contributed by atoms with Gasteiger partial charge in [0.1, 0.15) is 5.75 Å². The van der Waals surface area contributed by atoms with Gasteiger partial charge >= 0.3 is 0 Å². The van der Waals surface area contributed by atoms with Gasteiger partial charge in [-0.25, -0.2) is 0 Å². The summed E-state index contributed by atoms with van der Waals surface area (Å²) in [6.45, 7) is 12.6. The van der Waals surface area contributed by atoms with Gasteiger partial charge < -0.3 is 14.8 Å². The van der Waals surface area contributed by atoms with Gasteiger partial charge in [0.05, 0.1) is 6.10 Å². The molecule has 0 spiro atoms. The van der Waals surface area contributed by atoms with E-state index in [1.165, 1.54) is 5.56 Å². The number of hydrogen-bond donors (Lipinski definition) is 1. The summed E-state index contributed by atoms with van der Waals surface area (Å²) in [5.74, 6) is 0.932. The maximum atomic E-state index is 5.67. The fourth-order valence-electron chi connectivity index (χ4n) is 2.12. The van der Waals surface area contributed by atoms with E-state index < -0.39 is 0 Å². The highest BCUT2D eigenvalue weighted by Crippen LogP contribution is 2.22. The van der Waals surface area contributed by atoms with Crippen molar-refractivity contribution >= 4 is 0 Å². The van der Waals surface area contributed by atoms with Crippen molar-refractivity contribution in [2.24, 2.45) is 5.41 Å². The molecule has 1 unspecified atom stereocenters. The Kier molecular flexibility index (Phi) is 7.20. The molecular weight excluding hydrogens is 262 g/mol. The quantitative estimate of drug-likeness (QED) is 0.740. The molecule has 3 nitrogen and oxygen atoms in total. The summed E-state index contributed by atoms with van der Waals surface area (Å²) in [6, 6.07) is 8.70. The normalized spacial score (nSPS) is 13.5. The Morgan fingerprint density at radius 3 is 2.24 bits per heavy atom. The van der Waals surface area contributed by atoms with E-state index in [4.69, 9.17) is 9.47 Å². The first-order valence-corrected chi connectivity index (χ1v) is 7.83. The summed E-state index contributed by atoms with van der Waals surface area (Å²) >= 11 is 0. The molecule has 1 N–H and O–H groups in total. The van der Waals surface area contributed by atoms with Gasteiger partial charge in [-0.1, -0.05) is 26.0 Å². The lowest BCUT2D eigenvalue weighted by Crippen LogP contribution is -2.32. The third kappa shape index (κ3) is 6.96. The molecule has 21 heavy (non-hydrogen) atoms. The van der Waals surface area contributed by atoms with Gasteiger partial charge in [-0.3, -0.25) is 0 Å². The molecule has 0 aliphatic heterocycles. The average molecular weight is 293 g/mol. The Labute approximate surface area is 130 Å². The van der Waals surface area contributed by atoms with E-state index in [1.54, 1.807) is 7.11 Å². The van der Waals surface area contributed by atoms with Crippen LogP contribution in [0.3, 0.4) is 0 Å². The van der Waals surface area contributed by atoms with Gasteiger partial charge in [0.2, 0.25) is 0 Å². The van der Waals surface area contributed by atoms with Crippen LogP contribution in [0.2, 0.25) is 0 Å². The molecule has 1 aromatic carbocycles. The fourth-order valence-corrected chi connectivity index (χ4v) is 2.12. The van der Waals surface area contributed by atoms with Crippen molar-refractivity contribution in [2.75, 3.05) is 20.3 Å². The topological polar surface area (TPSA) is 30.5 Å². The average Bonchev–Trinajstić information content (AvgIpc) is 2.43. The van der Waals surface area contributed by atoms with Gasteiger partial charge in [0.15, 0.2) is 0 Å². The first-order chi connectivity index (χ1) is 9.84. The SMILES string of the molecule is COCCC(C)(C)CNC(C)c1ccc(OC(C)C)cc1. The maximum Gasteiger partial charge on any atom is 0.119 e. The van der Waals surface area contributed by atoms with E-state index in [-0.39, 0.29) is 11.5 Å². The van der Waals surface area contributed by atoms with Gasteiger partial charge in [0.25, 0.3) is 0 Å². The van der Waals surface area contributed by atoms with E-state index >= 15 is 0 Å². The number of benzene rings is 1. The Morgan fingerprint density at radius 2 is 1.71 bits per heavy atom. The number of ether oxygens (including phenoxy) is 2. The first-order valence-electron chi connectivity index (χ1n) is 7.83. The van der Waals surface area contributed by atoms with E-state index in [9.17, 15) is 0 Å². The molecule has 0 saturated carbocycles. The van der Waals surface area contributed by atoms with Crippen molar-refractivity contribution in [3.8, 4) is 5.75 Å². The smallest absolute Gasteiger partial charge is 0.119 e. The molecule has 0 bridgehead atoms. The standard InChI is InChI=1S/C18H31NO2/c1-14(2)21-17-9-7-16(8-10-17)15(3)19-13-18(4,5)11-12-20-6/h7-10,14-15,19H,11-13H2,1-6H3. The molecule has 0 aliphatic rings. The monoisotopic (exact) mass is 293 g/mol. The maximum absolute atomic E-state index is 5.67. The summed E-state index contributed by atoms with van der Waals surface area (Å²) in [6.07, 6.45) is 1.28. The van der Waals surface area contributed by atoms with Crippen LogP contribution in [-0.4, -0.2) is 26.4 Å². The number of rotatable bonds is 9. The third-order valence-electron chi connectivity index (χ3n) is 3.62. The summed E-state index contributed by atoms with van der Waals surface area (Å²) in [7, 11) is 1.76. The van der Waals surface area contributed by atoms with Crippen LogP contribution in [0.1, 0.15) is 52.6 Å². The van der Waals surface area contributed by atoms with E-state index in [0.29, 0.717) is 6.04 Å². The first kappa shape index (κ1) is 18.0. The second kappa shape index (κ2) is 8.40. The minimum Gasteiger partial charge on any atom is -0.491 e. The fraction of sp³-hybridized carbons (Fsp3) is 0.667. The highest BCUT2D eigenvalue weighted by atomic mass is 16.5. The van der Waals surface area contributed by atoms with Gasteiger partial charge in [0, 0.05) is 26.3 Å². The van der Waals surface area contributed by atoms with Crippen molar-refractivity contribution in [1.82, 2.24) is 5.32 Å². The molecule has 0 fully saturated rings.